The zero-order valence-electron chi connectivity index (χ0n) is 11.9. The Hall–Kier alpha value is -0.420. The van der Waals surface area contributed by atoms with Crippen molar-refractivity contribution in [2.75, 3.05) is 33.2 Å². The third kappa shape index (κ3) is 2.77. The van der Waals surface area contributed by atoms with Crippen LogP contribution in [0.15, 0.2) is 6.07 Å². The van der Waals surface area contributed by atoms with Crippen molar-refractivity contribution in [3.8, 4) is 0 Å². The molecule has 0 bridgehead atoms. The molecule has 1 aromatic heterocycles. The topological polar surface area (TPSA) is 32.5 Å². The van der Waals surface area contributed by atoms with Gasteiger partial charge in [0.1, 0.15) is 0 Å². The average Bonchev–Trinajstić information content (AvgIpc) is 2.62. The fourth-order valence-corrected chi connectivity index (χ4v) is 4.02. The molecule has 1 saturated heterocycles. The van der Waals surface area contributed by atoms with Crippen LogP contribution in [0.2, 0.25) is 0 Å². The Labute approximate surface area is 115 Å². The van der Waals surface area contributed by atoms with Crippen molar-refractivity contribution >= 4 is 11.3 Å². The largest absolute Gasteiger partial charge is 0.329 e. The number of nitrogens with zero attached hydrogens (tertiary/aromatic N) is 2. The van der Waals surface area contributed by atoms with Gasteiger partial charge in [-0.05, 0) is 39.4 Å². The number of likely N-dealkylation sites (N-methyl/N-ethyl adjacent to an activating group) is 1. The minimum Gasteiger partial charge on any atom is -0.329 e. The van der Waals surface area contributed by atoms with Gasteiger partial charge in [0.2, 0.25) is 0 Å². The maximum atomic E-state index is 6.06. The lowest BCUT2D eigenvalue weighted by Gasteiger charge is -2.42. The van der Waals surface area contributed by atoms with Gasteiger partial charge in [-0.25, -0.2) is 0 Å². The van der Waals surface area contributed by atoms with Gasteiger partial charge < -0.3 is 10.6 Å². The molecular weight excluding hydrogens is 242 g/mol. The SMILES string of the molecule is Cc1cc(C(CN)N2CCN(C)CC2C)c(C)s1. The molecule has 3 nitrogen and oxygen atoms in total. The first-order chi connectivity index (χ1) is 8.52. The quantitative estimate of drug-likeness (QED) is 0.909. The molecule has 0 aromatic carbocycles. The van der Waals surface area contributed by atoms with Crippen LogP contribution >= 0.6 is 11.3 Å². The van der Waals surface area contributed by atoms with Crippen LogP contribution in [-0.4, -0.2) is 49.1 Å². The first-order valence-electron chi connectivity index (χ1n) is 6.74. The molecule has 0 spiro atoms. The van der Waals surface area contributed by atoms with E-state index in [0.717, 1.165) is 19.6 Å². The van der Waals surface area contributed by atoms with Gasteiger partial charge in [0.05, 0.1) is 0 Å². The molecule has 4 heteroatoms. The molecular formula is C14H25N3S. The third-order valence-corrected chi connectivity index (χ3v) is 4.93. The second-order valence-electron chi connectivity index (χ2n) is 5.47. The van der Waals surface area contributed by atoms with E-state index in [9.17, 15) is 0 Å². The number of piperazine rings is 1. The Morgan fingerprint density at radius 3 is 2.67 bits per heavy atom. The van der Waals surface area contributed by atoms with E-state index in [4.69, 9.17) is 5.73 Å². The lowest BCUT2D eigenvalue weighted by molar-refractivity contribution is 0.0635. The first-order valence-corrected chi connectivity index (χ1v) is 7.56. The van der Waals surface area contributed by atoms with E-state index in [1.165, 1.54) is 15.3 Å². The minimum atomic E-state index is 0.388. The van der Waals surface area contributed by atoms with E-state index in [2.05, 4.69) is 43.7 Å². The van der Waals surface area contributed by atoms with Gasteiger partial charge in [0.15, 0.2) is 0 Å². The number of hydrogen-bond acceptors (Lipinski definition) is 4. The van der Waals surface area contributed by atoms with Gasteiger partial charge in [-0.1, -0.05) is 0 Å². The van der Waals surface area contributed by atoms with Crippen molar-refractivity contribution in [3.63, 3.8) is 0 Å². The zero-order chi connectivity index (χ0) is 13.3. The summed E-state index contributed by atoms with van der Waals surface area (Å²) in [4.78, 5) is 7.80. The second kappa shape index (κ2) is 5.70. The molecule has 18 heavy (non-hydrogen) atoms. The van der Waals surface area contributed by atoms with Gasteiger partial charge >= 0.3 is 0 Å². The van der Waals surface area contributed by atoms with Crippen LogP contribution in [0, 0.1) is 13.8 Å². The van der Waals surface area contributed by atoms with Crippen molar-refractivity contribution in [2.24, 2.45) is 5.73 Å². The number of rotatable bonds is 3. The molecule has 2 N–H and O–H groups in total. The third-order valence-electron chi connectivity index (χ3n) is 3.94. The molecule has 1 fully saturated rings. The lowest BCUT2D eigenvalue weighted by atomic mass is 10.0. The molecule has 2 heterocycles. The highest BCUT2D eigenvalue weighted by atomic mass is 32.1. The molecule has 0 amide bonds. The highest BCUT2D eigenvalue weighted by molar-refractivity contribution is 7.12. The van der Waals surface area contributed by atoms with Crippen LogP contribution in [-0.2, 0) is 0 Å². The Balaban J connectivity index is 2.20. The summed E-state index contributed by atoms with van der Waals surface area (Å²) < 4.78 is 0. The van der Waals surface area contributed by atoms with Crippen molar-refractivity contribution in [1.29, 1.82) is 0 Å². The van der Waals surface area contributed by atoms with Crippen LogP contribution in [0.3, 0.4) is 0 Å². The minimum absolute atomic E-state index is 0.388. The monoisotopic (exact) mass is 267 g/mol. The summed E-state index contributed by atoms with van der Waals surface area (Å²) >= 11 is 1.89. The van der Waals surface area contributed by atoms with Crippen molar-refractivity contribution in [3.05, 3.63) is 21.4 Å². The molecule has 102 valence electrons. The molecule has 1 aliphatic heterocycles. The molecule has 0 aliphatic carbocycles. The van der Waals surface area contributed by atoms with Gasteiger partial charge in [-0.3, -0.25) is 4.90 Å². The van der Waals surface area contributed by atoms with E-state index >= 15 is 0 Å². The molecule has 2 rings (SSSR count). The van der Waals surface area contributed by atoms with E-state index in [1.807, 2.05) is 11.3 Å². The summed E-state index contributed by atoms with van der Waals surface area (Å²) in [5, 5.41) is 0. The summed E-state index contributed by atoms with van der Waals surface area (Å²) in [5.41, 5.74) is 7.50. The molecule has 1 aliphatic rings. The van der Waals surface area contributed by atoms with Crippen LogP contribution < -0.4 is 5.73 Å². The normalized spacial score (nSPS) is 24.4. The van der Waals surface area contributed by atoms with Crippen molar-refractivity contribution in [1.82, 2.24) is 9.80 Å². The maximum Gasteiger partial charge on any atom is 0.0485 e. The fraction of sp³-hybridized carbons (Fsp3) is 0.714. The van der Waals surface area contributed by atoms with Crippen molar-refractivity contribution in [2.45, 2.75) is 32.9 Å². The van der Waals surface area contributed by atoms with Crippen molar-refractivity contribution < 1.29 is 0 Å². The van der Waals surface area contributed by atoms with Crippen LogP contribution in [0.25, 0.3) is 0 Å². The summed E-state index contributed by atoms with van der Waals surface area (Å²) in [6, 6.07) is 3.29. The Morgan fingerprint density at radius 1 is 1.44 bits per heavy atom. The molecule has 0 saturated carbocycles. The highest BCUT2D eigenvalue weighted by Gasteiger charge is 2.29. The van der Waals surface area contributed by atoms with E-state index < -0.39 is 0 Å². The highest BCUT2D eigenvalue weighted by Crippen LogP contribution is 2.31. The average molecular weight is 267 g/mol. The van der Waals surface area contributed by atoms with Gasteiger partial charge in [0, 0.05) is 48.0 Å². The summed E-state index contributed by atoms with van der Waals surface area (Å²) in [7, 11) is 2.20. The Kier molecular flexibility index (Phi) is 4.43. The standard InChI is InChI=1S/C14H25N3S/c1-10-9-16(4)5-6-17(10)14(8-15)13-7-11(2)18-12(13)3/h7,10,14H,5-6,8-9,15H2,1-4H3. The number of hydrogen-bond donors (Lipinski definition) is 1. The molecule has 2 unspecified atom stereocenters. The molecule has 1 aromatic rings. The summed E-state index contributed by atoms with van der Waals surface area (Å²) in [5.74, 6) is 0. The van der Waals surface area contributed by atoms with E-state index in [-0.39, 0.29) is 0 Å². The van der Waals surface area contributed by atoms with Gasteiger partial charge in [0.25, 0.3) is 0 Å². The first kappa shape index (κ1) is 14.0. The van der Waals surface area contributed by atoms with E-state index in [0.29, 0.717) is 18.6 Å². The second-order valence-corrected chi connectivity index (χ2v) is 6.93. The predicted molar refractivity (Wildman–Crippen MR) is 79.3 cm³/mol. The smallest absolute Gasteiger partial charge is 0.0485 e. The lowest BCUT2D eigenvalue weighted by Crippen LogP contribution is -2.52. The Morgan fingerprint density at radius 2 is 2.17 bits per heavy atom. The van der Waals surface area contributed by atoms with Crippen LogP contribution in [0.1, 0.15) is 28.3 Å². The summed E-state index contributed by atoms with van der Waals surface area (Å²) in [6.45, 7) is 10.8. The number of nitrogens with two attached hydrogens (primary N) is 1. The van der Waals surface area contributed by atoms with Crippen LogP contribution in [0.5, 0.6) is 0 Å². The molecule has 2 atom stereocenters. The van der Waals surface area contributed by atoms with Gasteiger partial charge in [-0.2, -0.15) is 0 Å². The zero-order valence-corrected chi connectivity index (χ0v) is 12.8. The Bertz CT molecular complexity index is 402. The number of aryl methyl sites for hydroxylation is 2. The van der Waals surface area contributed by atoms with E-state index in [1.54, 1.807) is 0 Å². The number of thiophene rings is 1. The van der Waals surface area contributed by atoms with Crippen LogP contribution in [0.4, 0.5) is 0 Å². The molecule has 0 radical (unpaired) electrons. The maximum absolute atomic E-state index is 6.06. The predicted octanol–water partition coefficient (Wildman–Crippen LogP) is 2.00. The fourth-order valence-electron chi connectivity index (χ4n) is 3.04. The van der Waals surface area contributed by atoms with Gasteiger partial charge in [-0.15, -0.1) is 11.3 Å². The summed E-state index contributed by atoms with van der Waals surface area (Å²) in [6.07, 6.45) is 0.